The predicted molar refractivity (Wildman–Crippen MR) is 106 cm³/mol. The van der Waals surface area contributed by atoms with Crippen molar-refractivity contribution in [1.29, 1.82) is 0 Å². The molecular formula is C21H21N3O2S. The maximum Gasteiger partial charge on any atom is 0.227 e. The molecule has 0 unspecified atom stereocenters. The maximum atomic E-state index is 6.01. The minimum atomic E-state index is 0.328. The highest BCUT2D eigenvalue weighted by Crippen LogP contribution is 2.30. The third-order valence-electron chi connectivity index (χ3n) is 5.20. The van der Waals surface area contributed by atoms with Crippen LogP contribution >= 0.6 is 11.3 Å². The molecule has 0 spiro atoms. The smallest absolute Gasteiger partial charge is 0.227 e. The molecule has 0 N–H and O–H groups in total. The van der Waals surface area contributed by atoms with E-state index in [9.17, 15) is 0 Å². The molecule has 138 valence electrons. The summed E-state index contributed by atoms with van der Waals surface area (Å²) >= 11 is 1.66. The topological polar surface area (TPSA) is 55.3 Å². The highest BCUT2D eigenvalue weighted by atomic mass is 32.1. The van der Waals surface area contributed by atoms with E-state index in [1.807, 2.05) is 42.6 Å². The van der Waals surface area contributed by atoms with Gasteiger partial charge in [-0.15, -0.1) is 0 Å². The molecule has 27 heavy (non-hydrogen) atoms. The fraction of sp³-hybridized carbons (Fsp3) is 0.333. The van der Waals surface area contributed by atoms with Crippen molar-refractivity contribution in [2.45, 2.75) is 32.2 Å². The number of hydrogen-bond donors (Lipinski definition) is 0. The van der Waals surface area contributed by atoms with Crippen LogP contribution in [0.3, 0.4) is 0 Å². The van der Waals surface area contributed by atoms with Crippen molar-refractivity contribution in [2.75, 3.05) is 13.1 Å². The van der Waals surface area contributed by atoms with E-state index in [1.54, 1.807) is 11.3 Å². The summed E-state index contributed by atoms with van der Waals surface area (Å²) in [5.41, 5.74) is 3.89. The summed E-state index contributed by atoms with van der Waals surface area (Å²) in [5.74, 6) is 2.81. The van der Waals surface area contributed by atoms with E-state index < -0.39 is 0 Å². The minimum absolute atomic E-state index is 0.328. The predicted octanol–water partition coefficient (Wildman–Crippen LogP) is 5.23. The molecule has 1 aliphatic heterocycles. The first-order chi connectivity index (χ1) is 13.3. The quantitative estimate of drug-likeness (QED) is 0.486. The number of likely N-dealkylation sites (tertiary alicyclic amines) is 1. The number of aromatic nitrogens is 2. The number of fused-ring (bicyclic) bond motifs is 1. The molecule has 1 saturated heterocycles. The molecule has 0 saturated carbocycles. The van der Waals surface area contributed by atoms with E-state index in [2.05, 4.69) is 10.3 Å². The Morgan fingerprint density at radius 3 is 2.96 bits per heavy atom. The second-order valence-electron chi connectivity index (χ2n) is 7.13. The molecule has 5 rings (SSSR count). The van der Waals surface area contributed by atoms with Crippen LogP contribution in [0, 0.1) is 6.92 Å². The van der Waals surface area contributed by atoms with E-state index in [-0.39, 0.29) is 0 Å². The number of oxazole rings is 2. The molecule has 1 atom stereocenters. The number of hydrogen-bond acceptors (Lipinski definition) is 6. The average molecular weight is 379 g/mol. The second kappa shape index (κ2) is 6.94. The number of piperidine rings is 1. The summed E-state index contributed by atoms with van der Waals surface area (Å²) in [5, 5.41) is 4.11. The summed E-state index contributed by atoms with van der Waals surface area (Å²) in [6.45, 7) is 4.81. The summed E-state index contributed by atoms with van der Waals surface area (Å²) < 4.78 is 11.9. The van der Waals surface area contributed by atoms with Gasteiger partial charge in [0.2, 0.25) is 5.89 Å². The fourth-order valence-electron chi connectivity index (χ4n) is 3.76. The zero-order chi connectivity index (χ0) is 18.2. The van der Waals surface area contributed by atoms with Gasteiger partial charge in [0.25, 0.3) is 0 Å². The molecule has 0 radical (unpaired) electrons. The van der Waals surface area contributed by atoms with Crippen LogP contribution in [0.25, 0.3) is 22.6 Å². The van der Waals surface area contributed by atoms with Gasteiger partial charge in [0.05, 0.1) is 5.69 Å². The summed E-state index contributed by atoms with van der Waals surface area (Å²) in [4.78, 5) is 11.9. The van der Waals surface area contributed by atoms with Gasteiger partial charge in [-0.05, 0) is 49.9 Å². The molecule has 1 aromatic carbocycles. The standard InChI is InChI=1S/C21H21N3O2S/c1-14-18(23-21(25-14)16-8-10-27-13-16)12-24-9-4-5-15(11-24)20-22-17-6-2-3-7-19(17)26-20/h2-3,6-8,10,13,15H,4-5,9,11-12H2,1H3/t15-/m1/s1. The molecule has 5 nitrogen and oxygen atoms in total. The average Bonchev–Trinajstić information content (AvgIpc) is 3.42. The lowest BCUT2D eigenvalue weighted by atomic mass is 9.98. The molecule has 1 aliphatic rings. The van der Waals surface area contributed by atoms with E-state index in [4.69, 9.17) is 18.8 Å². The summed E-state index contributed by atoms with van der Waals surface area (Å²) in [6.07, 6.45) is 2.25. The Balaban J connectivity index is 1.33. The number of thiophene rings is 1. The lowest BCUT2D eigenvalue weighted by Gasteiger charge is -2.30. The van der Waals surface area contributed by atoms with E-state index in [1.165, 1.54) is 0 Å². The Bertz CT molecular complexity index is 1020. The third-order valence-corrected chi connectivity index (χ3v) is 5.88. The molecular weight excluding hydrogens is 358 g/mol. The van der Waals surface area contributed by atoms with Crippen LogP contribution in [0.2, 0.25) is 0 Å². The Hall–Kier alpha value is -2.44. The Morgan fingerprint density at radius 1 is 1.19 bits per heavy atom. The highest BCUT2D eigenvalue weighted by molar-refractivity contribution is 7.08. The van der Waals surface area contributed by atoms with Gasteiger partial charge in [-0.3, -0.25) is 4.90 Å². The van der Waals surface area contributed by atoms with Crippen molar-refractivity contribution in [3.05, 3.63) is 58.4 Å². The van der Waals surface area contributed by atoms with Crippen LogP contribution in [-0.2, 0) is 6.54 Å². The summed E-state index contributed by atoms with van der Waals surface area (Å²) in [7, 11) is 0. The van der Waals surface area contributed by atoms with Gasteiger partial charge in [0, 0.05) is 30.0 Å². The lowest BCUT2D eigenvalue weighted by Crippen LogP contribution is -2.34. The van der Waals surface area contributed by atoms with Crippen molar-refractivity contribution in [2.24, 2.45) is 0 Å². The van der Waals surface area contributed by atoms with Gasteiger partial charge in [0.15, 0.2) is 11.5 Å². The Morgan fingerprint density at radius 2 is 2.11 bits per heavy atom. The van der Waals surface area contributed by atoms with Crippen molar-refractivity contribution in [3.63, 3.8) is 0 Å². The van der Waals surface area contributed by atoms with Crippen molar-refractivity contribution in [3.8, 4) is 11.5 Å². The van der Waals surface area contributed by atoms with E-state index in [0.29, 0.717) is 5.92 Å². The Labute approximate surface area is 161 Å². The molecule has 0 bridgehead atoms. The SMILES string of the molecule is Cc1oc(-c2ccsc2)nc1CN1CCC[C@@H](c2nc3ccccc3o2)C1. The molecule has 4 aromatic rings. The molecule has 0 aliphatic carbocycles. The molecule has 6 heteroatoms. The van der Waals surface area contributed by atoms with Crippen LogP contribution in [0.1, 0.15) is 36.1 Å². The van der Waals surface area contributed by atoms with Gasteiger partial charge in [0.1, 0.15) is 11.3 Å². The Kier molecular flexibility index (Phi) is 4.30. The molecule has 1 fully saturated rings. The number of nitrogens with zero attached hydrogens (tertiary/aromatic N) is 3. The maximum absolute atomic E-state index is 6.01. The summed E-state index contributed by atoms with van der Waals surface area (Å²) in [6, 6.07) is 10.0. The van der Waals surface area contributed by atoms with Gasteiger partial charge in [-0.25, -0.2) is 9.97 Å². The normalized spacial score (nSPS) is 18.3. The number of rotatable bonds is 4. The van der Waals surface area contributed by atoms with E-state index >= 15 is 0 Å². The number of aryl methyl sites for hydroxylation is 1. The number of para-hydroxylation sites is 2. The van der Waals surface area contributed by atoms with Crippen molar-refractivity contribution in [1.82, 2.24) is 14.9 Å². The van der Waals surface area contributed by atoms with Gasteiger partial charge in [-0.1, -0.05) is 12.1 Å². The van der Waals surface area contributed by atoms with Gasteiger partial charge < -0.3 is 8.83 Å². The van der Waals surface area contributed by atoms with Crippen molar-refractivity contribution < 1.29 is 8.83 Å². The molecule has 0 amide bonds. The highest BCUT2D eigenvalue weighted by Gasteiger charge is 2.26. The molecule has 4 heterocycles. The van der Waals surface area contributed by atoms with Crippen LogP contribution in [0.15, 0.2) is 49.9 Å². The third kappa shape index (κ3) is 3.31. The van der Waals surface area contributed by atoms with Crippen molar-refractivity contribution >= 4 is 22.4 Å². The van der Waals surface area contributed by atoms with Gasteiger partial charge in [-0.2, -0.15) is 11.3 Å². The first-order valence-electron chi connectivity index (χ1n) is 9.33. The lowest BCUT2D eigenvalue weighted by molar-refractivity contribution is 0.185. The van der Waals surface area contributed by atoms with Gasteiger partial charge >= 0.3 is 0 Å². The fourth-order valence-corrected chi connectivity index (χ4v) is 4.39. The van der Waals surface area contributed by atoms with Crippen LogP contribution < -0.4 is 0 Å². The molecule has 3 aromatic heterocycles. The first-order valence-corrected chi connectivity index (χ1v) is 10.3. The monoisotopic (exact) mass is 379 g/mol. The first kappa shape index (κ1) is 16.7. The van der Waals surface area contributed by atoms with Crippen LogP contribution in [-0.4, -0.2) is 28.0 Å². The largest absolute Gasteiger partial charge is 0.441 e. The number of benzene rings is 1. The minimum Gasteiger partial charge on any atom is -0.441 e. The van der Waals surface area contributed by atoms with Crippen LogP contribution in [0.4, 0.5) is 0 Å². The zero-order valence-corrected chi connectivity index (χ0v) is 16.0. The van der Waals surface area contributed by atoms with E-state index in [0.717, 1.165) is 72.4 Å². The zero-order valence-electron chi connectivity index (χ0n) is 15.2. The second-order valence-corrected chi connectivity index (χ2v) is 7.91. The van der Waals surface area contributed by atoms with Crippen LogP contribution in [0.5, 0.6) is 0 Å².